The van der Waals surface area contributed by atoms with Gasteiger partial charge in [-0.2, -0.15) is 5.10 Å². The van der Waals surface area contributed by atoms with Crippen LogP contribution in [0.25, 0.3) is 26.7 Å². The van der Waals surface area contributed by atoms with Gasteiger partial charge in [0.25, 0.3) is 0 Å². The Labute approximate surface area is 176 Å². The molecule has 4 rings (SSSR count). The first kappa shape index (κ1) is 20.6. The van der Waals surface area contributed by atoms with Crippen molar-refractivity contribution in [3.63, 3.8) is 0 Å². The Hall–Kier alpha value is -2.64. The maximum Gasteiger partial charge on any atom is 0.195 e. The minimum Gasteiger partial charge on any atom is -0.384 e. The molecule has 0 amide bonds. The molecular formula is C23H21F3N2OS. The molecule has 0 radical (unpaired) electrons. The topological polar surface area (TPSA) is 38.0 Å². The van der Waals surface area contributed by atoms with Crippen LogP contribution in [0.4, 0.5) is 13.2 Å². The highest BCUT2D eigenvalue weighted by atomic mass is 32.1. The Kier molecular flexibility index (Phi) is 5.20. The number of rotatable bonds is 4. The van der Waals surface area contributed by atoms with Crippen LogP contribution in [-0.4, -0.2) is 14.9 Å². The minimum absolute atomic E-state index is 0.00638. The lowest BCUT2D eigenvalue weighted by molar-refractivity contribution is 0.0735. The zero-order valence-electron chi connectivity index (χ0n) is 16.8. The van der Waals surface area contributed by atoms with E-state index in [9.17, 15) is 18.3 Å². The molecule has 1 aliphatic rings. The molecule has 1 N–H and O–H groups in total. The zero-order chi connectivity index (χ0) is 21.6. The molecule has 3 nitrogen and oxygen atoms in total. The molecule has 2 heterocycles. The summed E-state index contributed by atoms with van der Waals surface area (Å²) >= 11 is 1.25. The van der Waals surface area contributed by atoms with Crippen molar-refractivity contribution in [1.82, 2.24) is 9.78 Å². The molecule has 0 atom stereocenters. The van der Waals surface area contributed by atoms with Crippen LogP contribution in [0.5, 0.6) is 0 Å². The van der Waals surface area contributed by atoms with E-state index in [1.54, 1.807) is 36.7 Å². The fraction of sp³-hybridized carbons (Fsp3) is 0.261. The van der Waals surface area contributed by atoms with Gasteiger partial charge in [0.15, 0.2) is 17.5 Å². The first-order chi connectivity index (χ1) is 14.2. The van der Waals surface area contributed by atoms with E-state index in [-0.39, 0.29) is 5.56 Å². The Bertz CT molecular complexity index is 1180. The molecule has 0 saturated carbocycles. The summed E-state index contributed by atoms with van der Waals surface area (Å²) in [6.45, 7) is 5.34. The first-order valence-electron chi connectivity index (χ1n) is 9.61. The maximum absolute atomic E-state index is 14.3. The van der Waals surface area contributed by atoms with Crippen molar-refractivity contribution in [2.75, 3.05) is 0 Å². The number of benzene rings is 1. The van der Waals surface area contributed by atoms with Crippen molar-refractivity contribution >= 4 is 17.0 Å². The minimum atomic E-state index is -1.48. The largest absolute Gasteiger partial charge is 0.384 e. The SMILES string of the molecule is CC1=CCCC=C1n1nc(C(C)(C)O)cc1-c1ccc(-c2ccc(F)c(F)c2F)s1. The number of hydrogen-bond acceptors (Lipinski definition) is 3. The molecule has 7 heteroatoms. The molecule has 2 aromatic heterocycles. The maximum atomic E-state index is 14.3. The molecule has 0 fully saturated rings. The van der Waals surface area contributed by atoms with Crippen LogP contribution in [0.2, 0.25) is 0 Å². The predicted octanol–water partition coefficient (Wildman–Crippen LogP) is 6.50. The summed E-state index contributed by atoms with van der Waals surface area (Å²) in [6, 6.07) is 7.43. The second-order valence-electron chi connectivity index (χ2n) is 7.83. The van der Waals surface area contributed by atoms with Gasteiger partial charge >= 0.3 is 0 Å². The van der Waals surface area contributed by atoms with Gasteiger partial charge < -0.3 is 5.11 Å². The Morgan fingerprint density at radius 3 is 2.40 bits per heavy atom. The summed E-state index contributed by atoms with van der Waals surface area (Å²) in [4.78, 5) is 1.25. The van der Waals surface area contributed by atoms with Gasteiger partial charge in [-0.25, -0.2) is 17.9 Å². The smallest absolute Gasteiger partial charge is 0.195 e. The third-order valence-electron chi connectivity index (χ3n) is 5.08. The summed E-state index contributed by atoms with van der Waals surface area (Å²) in [5, 5.41) is 15.1. The predicted molar refractivity (Wildman–Crippen MR) is 113 cm³/mol. The number of aromatic nitrogens is 2. The van der Waals surface area contributed by atoms with Gasteiger partial charge in [-0.3, -0.25) is 0 Å². The van der Waals surface area contributed by atoms with E-state index in [1.807, 2.05) is 6.92 Å². The lowest BCUT2D eigenvalue weighted by Crippen LogP contribution is -2.17. The van der Waals surface area contributed by atoms with Gasteiger partial charge in [-0.1, -0.05) is 12.2 Å². The molecular weight excluding hydrogens is 409 g/mol. The normalized spacial score (nSPS) is 14.6. The fourth-order valence-corrected chi connectivity index (χ4v) is 4.44. The highest BCUT2D eigenvalue weighted by Gasteiger charge is 2.25. The average molecular weight is 430 g/mol. The van der Waals surface area contributed by atoms with Crippen molar-refractivity contribution in [2.24, 2.45) is 0 Å². The Morgan fingerprint density at radius 1 is 1.00 bits per heavy atom. The number of aliphatic hydroxyl groups is 1. The molecule has 0 bridgehead atoms. The number of halogens is 3. The van der Waals surface area contributed by atoms with Crippen molar-refractivity contribution in [2.45, 2.75) is 39.2 Å². The van der Waals surface area contributed by atoms with E-state index >= 15 is 0 Å². The van der Waals surface area contributed by atoms with Crippen molar-refractivity contribution in [3.05, 3.63) is 71.2 Å². The van der Waals surface area contributed by atoms with E-state index in [0.717, 1.165) is 40.7 Å². The average Bonchev–Trinajstić information content (AvgIpc) is 3.33. The molecule has 30 heavy (non-hydrogen) atoms. The van der Waals surface area contributed by atoms with Crippen molar-refractivity contribution < 1.29 is 18.3 Å². The van der Waals surface area contributed by atoms with Crippen LogP contribution < -0.4 is 0 Å². The van der Waals surface area contributed by atoms with E-state index < -0.39 is 23.1 Å². The molecule has 0 spiro atoms. The van der Waals surface area contributed by atoms with Crippen LogP contribution in [0.15, 0.2) is 48.1 Å². The van der Waals surface area contributed by atoms with Gasteiger partial charge in [-0.15, -0.1) is 11.3 Å². The molecule has 1 aromatic carbocycles. The van der Waals surface area contributed by atoms with Crippen molar-refractivity contribution in [1.29, 1.82) is 0 Å². The van der Waals surface area contributed by atoms with Gasteiger partial charge in [0, 0.05) is 10.4 Å². The van der Waals surface area contributed by atoms with Crippen molar-refractivity contribution in [3.8, 4) is 21.0 Å². The number of hydrogen-bond donors (Lipinski definition) is 1. The monoisotopic (exact) mass is 430 g/mol. The van der Waals surface area contributed by atoms with Crippen LogP contribution in [0, 0.1) is 17.5 Å². The molecule has 0 aliphatic heterocycles. The number of thiophene rings is 1. The molecule has 0 unspecified atom stereocenters. The number of allylic oxidation sites excluding steroid dienone is 4. The summed E-state index contributed by atoms with van der Waals surface area (Å²) in [5.41, 5.74) is 2.13. The third-order valence-corrected chi connectivity index (χ3v) is 6.22. The second-order valence-corrected chi connectivity index (χ2v) is 8.91. The lowest BCUT2D eigenvalue weighted by Gasteiger charge is -2.16. The second kappa shape index (κ2) is 7.56. The van der Waals surface area contributed by atoms with Crippen LogP contribution in [0.1, 0.15) is 39.3 Å². The first-order valence-corrected chi connectivity index (χ1v) is 10.4. The summed E-state index contributed by atoms with van der Waals surface area (Å²) < 4.78 is 43.0. The van der Waals surface area contributed by atoms with E-state index in [2.05, 4.69) is 17.3 Å². The van der Waals surface area contributed by atoms with Crippen LogP contribution in [0.3, 0.4) is 0 Å². The van der Waals surface area contributed by atoms with Crippen LogP contribution >= 0.6 is 11.3 Å². The molecule has 1 aliphatic carbocycles. The van der Waals surface area contributed by atoms with E-state index in [1.165, 1.54) is 17.4 Å². The molecule has 156 valence electrons. The quantitative estimate of drug-likeness (QED) is 0.480. The van der Waals surface area contributed by atoms with E-state index in [4.69, 9.17) is 0 Å². The lowest BCUT2D eigenvalue weighted by atomic mass is 10.0. The molecule has 3 aromatic rings. The van der Waals surface area contributed by atoms with Gasteiger partial charge in [0.1, 0.15) is 5.60 Å². The summed E-state index contributed by atoms with van der Waals surface area (Å²) in [6.07, 6.45) is 6.09. The zero-order valence-corrected chi connectivity index (χ0v) is 17.7. The highest BCUT2D eigenvalue weighted by molar-refractivity contribution is 7.18. The summed E-state index contributed by atoms with van der Waals surface area (Å²) in [7, 11) is 0. The standard InChI is InChI=1S/C23H21F3N2OS/c1-13-6-4-5-7-16(13)28-17(12-20(27-28)23(2,3)29)19-11-10-18(30-19)14-8-9-15(24)22(26)21(14)25/h6-12,29H,4-5H2,1-3H3. The van der Waals surface area contributed by atoms with Crippen LogP contribution in [-0.2, 0) is 5.60 Å². The Balaban J connectivity index is 1.84. The number of nitrogens with zero attached hydrogens (tertiary/aromatic N) is 2. The third kappa shape index (κ3) is 3.63. The van der Waals surface area contributed by atoms with Gasteiger partial charge in [-0.05, 0) is 69.5 Å². The van der Waals surface area contributed by atoms with E-state index in [0.29, 0.717) is 10.6 Å². The van der Waals surface area contributed by atoms with Gasteiger partial charge in [0.2, 0.25) is 0 Å². The fourth-order valence-electron chi connectivity index (χ4n) is 3.41. The highest BCUT2D eigenvalue weighted by Crippen LogP contribution is 2.39. The summed E-state index contributed by atoms with van der Waals surface area (Å²) in [5.74, 6) is -3.90. The molecule has 0 saturated heterocycles. The Morgan fingerprint density at radius 2 is 1.70 bits per heavy atom. The van der Waals surface area contributed by atoms with Gasteiger partial charge in [0.05, 0.1) is 22.0 Å².